The van der Waals surface area contributed by atoms with Gasteiger partial charge < -0.3 is 10.0 Å². The fourth-order valence-corrected chi connectivity index (χ4v) is 1.79. The van der Waals surface area contributed by atoms with Crippen LogP contribution in [0.1, 0.15) is 30.6 Å². The molecule has 0 fully saturated rings. The van der Waals surface area contributed by atoms with E-state index in [1.54, 1.807) is 6.92 Å². The fourth-order valence-electron chi connectivity index (χ4n) is 1.79. The number of aliphatic hydroxyl groups excluding tert-OH is 1. The Morgan fingerprint density at radius 2 is 2.00 bits per heavy atom. The summed E-state index contributed by atoms with van der Waals surface area (Å²) >= 11 is 0. The summed E-state index contributed by atoms with van der Waals surface area (Å²) in [6, 6.07) is 7.55. The molecule has 0 saturated heterocycles. The van der Waals surface area contributed by atoms with Crippen molar-refractivity contribution in [1.82, 2.24) is 0 Å². The number of aliphatic hydroxyl groups is 1. The molecule has 88 valence electrons. The van der Waals surface area contributed by atoms with Crippen LogP contribution in [0.3, 0.4) is 0 Å². The second-order valence-corrected chi connectivity index (χ2v) is 3.78. The summed E-state index contributed by atoms with van der Waals surface area (Å²) in [6.45, 7) is 5.18. The van der Waals surface area contributed by atoms with Gasteiger partial charge in [0, 0.05) is 24.3 Å². The third-order valence-electron chi connectivity index (χ3n) is 2.49. The Morgan fingerprint density at radius 1 is 1.31 bits per heavy atom. The Balaban J connectivity index is 3.02. The van der Waals surface area contributed by atoms with E-state index in [9.17, 15) is 4.79 Å². The number of carbonyl (C=O) groups is 1. The molecule has 0 spiro atoms. The lowest BCUT2D eigenvalue weighted by Gasteiger charge is -2.25. The molecule has 0 aliphatic rings. The van der Waals surface area contributed by atoms with Crippen molar-refractivity contribution in [3.63, 3.8) is 0 Å². The van der Waals surface area contributed by atoms with Crippen molar-refractivity contribution in [2.75, 3.05) is 24.6 Å². The molecular weight excluding hydrogens is 202 g/mol. The first-order valence-electron chi connectivity index (χ1n) is 5.66. The Bertz CT molecular complexity index is 344. The molecule has 0 aromatic heterocycles. The summed E-state index contributed by atoms with van der Waals surface area (Å²) < 4.78 is 0. The summed E-state index contributed by atoms with van der Waals surface area (Å²) in [5.74, 6) is 0.0645. The van der Waals surface area contributed by atoms with Crippen molar-refractivity contribution >= 4 is 11.5 Å². The summed E-state index contributed by atoms with van der Waals surface area (Å²) in [4.78, 5) is 13.5. The number of carbonyl (C=O) groups excluding carboxylic acids is 1. The minimum atomic E-state index is 0.0645. The molecule has 1 aromatic carbocycles. The molecule has 0 bridgehead atoms. The monoisotopic (exact) mass is 221 g/mol. The smallest absolute Gasteiger partial charge is 0.161 e. The van der Waals surface area contributed by atoms with E-state index in [2.05, 4.69) is 11.8 Å². The lowest BCUT2D eigenvalue weighted by Crippen LogP contribution is -2.28. The van der Waals surface area contributed by atoms with Crippen LogP contribution in [0.25, 0.3) is 0 Å². The van der Waals surface area contributed by atoms with E-state index in [1.807, 2.05) is 24.3 Å². The van der Waals surface area contributed by atoms with Crippen LogP contribution in [-0.2, 0) is 0 Å². The molecule has 1 aromatic rings. The van der Waals surface area contributed by atoms with Gasteiger partial charge in [0.15, 0.2) is 5.78 Å². The third kappa shape index (κ3) is 3.07. The van der Waals surface area contributed by atoms with Crippen molar-refractivity contribution in [3.8, 4) is 0 Å². The molecule has 0 saturated carbocycles. The first-order valence-corrected chi connectivity index (χ1v) is 5.66. The van der Waals surface area contributed by atoms with Gasteiger partial charge in [-0.25, -0.2) is 0 Å². The summed E-state index contributed by atoms with van der Waals surface area (Å²) in [5.41, 5.74) is 1.65. The average molecular weight is 221 g/mol. The largest absolute Gasteiger partial charge is 0.395 e. The van der Waals surface area contributed by atoms with E-state index in [0.717, 1.165) is 24.2 Å². The minimum absolute atomic E-state index is 0.0645. The fraction of sp³-hybridized carbons (Fsp3) is 0.462. The zero-order chi connectivity index (χ0) is 12.0. The van der Waals surface area contributed by atoms with Crippen molar-refractivity contribution in [2.24, 2.45) is 0 Å². The highest BCUT2D eigenvalue weighted by molar-refractivity contribution is 5.99. The Kier molecular flexibility index (Phi) is 4.99. The first-order chi connectivity index (χ1) is 7.70. The van der Waals surface area contributed by atoms with E-state index in [4.69, 9.17) is 5.11 Å². The molecule has 1 N–H and O–H groups in total. The molecular formula is C13H19NO2. The number of rotatable bonds is 6. The molecule has 0 aliphatic heterocycles. The Labute approximate surface area is 96.7 Å². The average Bonchev–Trinajstić information content (AvgIpc) is 2.29. The third-order valence-corrected chi connectivity index (χ3v) is 2.49. The van der Waals surface area contributed by atoms with Gasteiger partial charge in [-0.15, -0.1) is 0 Å². The maximum atomic E-state index is 11.5. The van der Waals surface area contributed by atoms with Crippen molar-refractivity contribution in [1.29, 1.82) is 0 Å². The maximum Gasteiger partial charge on any atom is 0.161 e. The molecule has 0 atom stereocenters. The van der Waals surface area contributed by atoms with E-state index >= 15 is 0 Å². The van der Waals surface area contributed by atoms with E-state index < -0.39 is 0 Å². The SMILES string of the molecule is CCCN(CCO)c1ccccc1C(C)=O. The van der Waals surface area contributed by atoms with E-state index in [1.165, 1.54) is 0 Å². The molecule has 3 nitrogen and oxygen atoms in total. The van der Waals surface area contributed by atoms with Gasteiger partial charge in [0.05, 0.1) is 6.61 Å². The van der Waals surface area contributed by atoms with Crippen LogP contribution < -0.4 is 4.90 Å². The van der Waals surface area contributed by atoms with Crippen LogP contribution in [0.5, 0.6) is 0 Å². The van der Waals surface area contributed by atoms with Crippen LogP contribution in [0.4, 0.5) is 5.69 Å². The Morgan fingerprint density at radius 3 is 2.56 bits per heavy atom. The van der Waals surface area contributed by atoms with Gasteiger partial charge in [0.25, 0.3) is 0 Å². The molecule has 0 heterocycles. The summed E-state index contributed by atoms with van der Waals surface area (Å²) in [7, 11) is 0. The van der Waals surface area contributed by atoms with Gasteiger partial charge in [0.2, 0.25) is 0 Å². The molecule has 0 unspecified atom stereocenters. The topological polar surface area (TPSA) is 40.5 Å². The predicted molar refractivity (Wildman–Crippen MR) is 66.0 cm³/mol. The highest BCUT2D eigenvalue weighted by atomic mass is 16.3. The van der Waals surface area contributed by atoms with Crippen molar-refractivity contribution in [3.05, 3.63) is 29.8 Å². The number of hydrogen-bond acceptors (Lipinski definition) is 3. The van der Waals surface area contributed by atoms with Gasteiger partial charge in [-0.1, -0.05) is 19.1 Å². The number of Topliss-reactive ketones (excluding diaryl/α,β-unsaturated/α-hetero) is 1. The van der Waals surface area contributed by atoms with Crippen LogP contribution >= 0.6 is 0 Å². The second-order valence-electron chi connectivity index (χ2n) is 3.78. The minimum Gasteiger partial charge on any atom is -0.395 e. The standard InChI is InChI=1S/C13H19NO2/c1-3-8-14(9-10-15)13-7-5-4-6-12(13)11(2)16/h4-7,15H,3,8-10H2,1-2H3. The molecule has 16 heavy (non-hydrogen) atoms. The van der Waals surface area contributed by atoms with Gasteiger partial charge >= 0.3 is 0 Å². The van der Waals surface area contributed by atoms with Gasteiger partial charge in [0.1, 0.15) is 0 Å². The number of hydrogen-bond donors (Lipinski definition) is 1. The Hall–Kier alpha value is -1.35. The van der Waals surface area contributed by atoms with Gasteiger partial charge in [-0.3, -0.25) is 4.79 Å². The second kappa shape index (κ2) is 6.28. The quantitative estimate of drug-likeness (QED) is 0.748. The number of anilines is 1. The molecule has 0 radical (unpaired) electrons. The van der Waals surface area contributed by atoms with Crippen LogP contribution in [0.15, 0.2) is 24.3 Å². The number of ketones is 1. The molecule has 0 aliphatic carbocycles. The number of nitrogens with zero attached hydrogens (tertiary/aromatic N) is 1. The lowest BCUT2D eigenvalue weighted by molar-refractivity contribution is 0.101. The maximum absolute atomic E-state index is 11.5. The zero-order valence-electron chi connectivity index (χ0n) is 9.94. The lowest BCUT2D eigenvalue weighted by atomic mass is 10.1. The number of para-hydroxylation sites is 1. The normalized spacial score (nSPS) is 10.2. The summed E-state index contributed by atoms with van der Waals surface area (Å²) in [5, 5.41) is 9.03. The van der Waals surface area contributed by atoms with Gasteiger partial charge in [-0.05, 0) is 25.5 Å². The first kappa shape index (κ1) is 12.7. The van der Waals surface area contributed by atoms with E-state index in [-0.39, 0.29) is 12.4 Å². The molecule has 3 heteroatoms. The van der Waals surface area contributed by atoms with Crippen LogP contribution in [-0.4, -0.2) is 30.6 Å². The van der Waals surface area contributed by atoms with Gasteiger partial charge in [-0.2, -0.15) is 0 Å². The highest BCUT2D eigenvalue weighted by Gasteiger charge is 2.12. The van der Waals surface area contributed by atoms with Crippen LogP contribution in [0.2, 0.25) is 0 Å². The van der Waals surface area contributed by atoms with Crippen molar-refractivity contribution < 1.29 is 9.90 Å². The van der Waals surface area contributed by atoms with E-state index in [0.29, 0.717) is 6.54 Å². The van der Waals surface area contributed by atoms with Crippen molar-refractivity contribution in [2.45, 2.75) is 20.3 Å². The summed E-state index contributed by atoms with van der Waals surface area (Å²) in [6.07, 6.45) is 0.992. The predicted octanol–water partition coefficient (Wildman–Crippen LogP) is 2.10. The molecule has 0 amide bonds. The highest BCUT2D eigenvalue weighted by Crippen LogP contribution is 2.20. The molecule has 1 rings (SSSR count). The number of benzene rings is 1. The van der Waals surface area contributed by atoms with Crippen LogP contribution in [0, 0.1) is 0 Å². The zero-order valence-corrected chi connectivity index (χ0v) is 9.94.